The molecule has 0 amide bonds. The van der Waals surface area contributed by atoms with Gasteiger partial charge in [0.25, 0.3) is 0 Å². The Balaban J connectivity index is 2.37. The number of rotatable bonds is 8. The minimum Gasteiger partial charge on any atom is -0.404 e. The van der Waals surface area contributed by atoms with Crippen LogP contribution in [-0.4, -0.2) is 43.1 Å². The summed E-state index contributed by atoms with van der Waals surface area (Å²) in [6, 6.07) is 3.83. The van der Waals surface area contributed by atoms with E-state index in [4.69, 9.17) is 20.6 Å². The maximum Gasteiger partial charge on any atom is 0.207 e. The van der Waals surface area contributed by atoms with Crippen LogP contribution in [0.3, 0.4) is 0 Å². The molecule has 0 bridgehead atoms. The van der Waals surface area contributed by atoms with Gasteiger partial charge in [-0.05, 0) is 25.1 Å². The minimum atomic E-state index is -1.38. The molecule has 1 atom stereocenters. The lowest BCUT2D eigenvalue weighted by Gasteiger charge is -2.21. The first-order valence-corrected chi connectivity index (χ1v) is 8.31. The zero-order valence-corrected chi connectivity index (χ0v) is 14.8. The summed E-state index contributed by atoms with van der Waals surface area (Å²) in [4.78, 5) is 4.00. The van der Waals surface area contributed by atoms with Gasteiger partial charge >= 0.3 is 0 Å². The first-order chi connectivity index (χ1) is 13.0. The number of anilines is 1. The number of aliphatic imine (C=N–C) groups is 1. The van der Waals surface area contributed by atoms with E-state index in [1.165, 1.54) is 24.4 Å². The lowest BCUT2D eigenvalue weighted by atomic mass is 10.1. The molecule has 5 N–H and O–H groups in total. The van der Waals surface area contributed by atoms with Crippen molar-refractivity contribution in [2.45, 2.75) is 19.3 Å². The van der Waals surface area contributed by atoms with Crippen LogP contribution in [0.5, 0.6) is 0 Å². The summed E-state index contributed by atoms with van der Waals surface area (Å²) in [5.74, 6) is -1.78. The normalized spacial score (nSPS) is 17.5. The van der Waals surface area contributed by atoms with Crippen LogP contribution >= 0.6 is 0 Å². The lowest BCUT2D eigenvalue weighted by molar-refractivity contribution is -0.0437. The molecule has 1 aliphatic rings. The highest BCUT2D eigenvalue weighted by molar-refractivity contribution is 5.87. The van der Waals surface area contributed by atoms with Gasteiger partial charge in [0.1, 0.15) is 11.9 Å². The Labute approximate surface area is 155 Å². The van der Waals surface area contributed by atoms with Crippen LogP contribution in [-0.2, 0) is 9.47 Å². The summed E-state index contributed by atoms with van der Waals surface area (Å²) < 4.78 is 37.8. The van der Waals surface area contributed by atoms with E-state index in [1.807, 2.05) is 0 Å². The second-order valence-corrected chi connectivity index (χ2v) is 5.57. The Morgan fingerprint density at radius 3 is 2.78 bits per heavy atom. The standard InChI is InChI=1S/C18H22F2N4O3/c1-2-23-10-11(9-21)17(25)15(8-16(20)22)24-14-4-3-12(19)7-13(14)18-26-5-6-27-18/h3-4,7-10,17-18,22,24-25H,2,5-6,21H2,1H3/b11-9?,15-8-,22-16?,23-10?. The number of halogens is 2. The van der Waals surface area contributed by atoms with Gasteiger partial charge in [0.15, 0.2) is 6.29 Å². The maximum absolute atomic E-state index is 13.7. The van der Waals surface area contributed by atoms with Crippen molar-refractivity contribution in [2.75, 3.05) is 25.1 Å². The average molecular weight is 380 g/mol. The molecule has 0 saturated carbocycles. The van der Waals surface area contributed by atoms with Crippen molar-refractivity contribution in [3.05, 3.63) is 53.1 Å². The molecule has 1 aliphatic heterocycles. The number of nitrogens with one attached hydrogen (secondary N) is 2. The molecule has 9 heteroatoms. The zero-order chi connectivity index (χ0) is 19.8. The van der Waals surface area contributed by atoms with Crippen molar-refractivity contribution < 1.29 is 23.4 Å². The fourth-order valence-corrected chi connectivity index (χ4v) is 2.44. The van der Waals surface area contributed by atoms with E-state index < -0.39 is 24.2 Å². The van der Waals surface area contributed by atoms with Crippen LogP contribution in [0.15, 0.2) is 46.7 Å². The predicted molar refractivity (Wildman–Crippen MR) is 98.9 cm³/mol. The number of nitrogens with two attached hydrogens (primary N) is 1. The van der Waals surface area contributed by atoms with Gasteiger partial charge in [-0.3, -0.25) is 10.4 Å². The SMILES string of the molecule is CCN=CC(=CN)C(O)/C(=C/C(=N)F)Nc1ccc(F)cc1C1OCCO1. The topological polar surface area (TPSA) is 113 Å². The fourth-order valence-electron chi connectivity index (χ4n) is 2.44. The van der Waals surface area contributed by atoms with Crippen LogP contribution in [0.4, 0.5) is 14.5 Å². The summed E-state index contributed by atoms with van der Waals surface area (Å²) >= 11 is 0. The molecule has 1 saturated heterocycles. The molecule has 0 aliphatic carbocycles. The Morgan fingerprint density at radius 1 is 1.48 bits per heavy atom. The second-order valence-electron chi connectivity index (χ2n) is 5.57. The molecule has 0 radical (unpaired) electrons. The number of ether oxygens (including phenoxy) is 2. The van der Waals surface area contributed by atoms with Gasteiger partial charge in [-0.25, -0.2) is 4.39 Å². The minimum absolute atomic E-state index is 0.0763. The molecule has 1 aromatic carbocycles. The van der Waals surface area contributed by atoms with E-state index in [0.29, 0.717) is 31.0 Å². The van der Waals surface area contributed by atoms with E-state index in [2.05, 4.69) is 10.3 Å². The smallest absolute Gasteiger partial charge is 0.207 e. The number of nitrogens with zero attached hydrogens (tertiary/aromatic N) is 1. The Bertz CT molecular complexity index is 759. The van der Waals surface area contributed by atoms with Gasteiger partial charge in [-0.1, -0.05) is 0 Å². The van der Waals surface area contributed by atoms with E-state index in [-0.39, 0.29) is 11.3 Å². The first kappa shape index (κ1) is 20.7. The quantitative estimate of drug-likeness (QED) is 0.517. The van der Waals surface area contributed by atoms with Gasteiger partial charge < -0.3 is 25.6 Å². The van der Waals surface area contributed by atoms with Crippen molar-refractivity contribution in [1.29, 1.82) is 5.41 Å². The van der Waals surface area contributed by atoms with Crippen molar-refractivity contribution in [3.8, 4) is 0 Å². The number of allylic oxidation sites excluding steroid dienone is 1. The van der Waals surface area contributed by atoms with Gasteiger partial charge in [0, 0.05) is 41.9 Å². The highest BCUT2D eigenvalue weighted by Gasteiger charge is 2.24. The summed E-state index contributed by atoms with van der Waals surface area (Å²) in [6.45, 7) is 2.98. The summed E-state index contributed by atoms with van der Waals surface area (Å²) in [6.07, 6.45) is 1.12. The van der Waals surface area contributed by atoms with E-state index in [1.54, 1.807) is 6.92 Å². The summed E-state index contributed by atoms with van der Waals surface area (Å²) in [5, 5.41) is 20.5. The average Bonchev–Trinajstić information content (AvgIpc) is 3.17. The number of hydrogen-bond donors (Lipinski definition) is 4. The third-order valence-electron chi connectivity index (χ3n) is 3.68. The van der Waals surface area contributed by atoms with Crippen LogP contribution in [0.2, 0.25) is 0 Å². The van der Waals surface area contributed by atoms with Crippen LogP contribution < -0.4 is 11.1 Å². The Morgan fingerprint density at radius 2 is 2.19 bits per heavy atom. The molecule has 1 fully saturated rings. The van der Waals surface area contributed by atoms with Crippen LogP contribution in [0, 0.1) is 11.2 Å². The highest BCUT2D eigenvalue weighted by Crippen LogP contribution is 2.31. The van der Waals surface area contributed by atoms with Gasteiger partial charge in [0.2, 0.25) is 5.97 Å². The molecule has 0 aromatic heterocycles. The van der Waals surface area contributed by atoms with Crippen molar-refractivity contribution >= 4 is 17.9 Å². The van der Waals surface area contributed by atoms with Gasteiger partial charge in [-0.15, -0.1) is 0 Å². The molecular weight excluding hydrogens is 358 g/mol. The number of aliphatic hydroxyl groups is 1. The third-order valence-corrected chi connectivity index (χ3v) is 3.68. The van der Waals surface area contributed by atoms with Crippen molar-refractivity contribution in [2.24, 2.45) is 10.7 Å². The van der Waals surface area contributed by atoms with Crippen LogP contribution in [0.1, 0.15) is 18.8 Å². The zero-order valence-electron chi connectivity index (χ0n) is 14.8. The largest absolute Gasteiger partial charge is 0.404 e. The molecule has 2 rings (SSSR count). The molecular formula is C18H22F2N4O3. The number of hydrogen-bond acceptors (Lipinski definition) is 7. The Hall–Kier alpha value is -2.62. The third kappa shape index (κ3) is 5.68. The van der Waals surface area contributed by atoms with Gasteiger partial charge in [0.05, 0.1) is 18.9 Å². The van der Waals surface area contributed by atoms with E-state index in [9.17, 15) is 13.9 Å². The Kier molecular flexibility index (Phi) is 7.59. The molecule has 1 unspecified atom stereocenters. The molecule has 1 aromatic rings. The molecule has 146 valence electrons. The molecule has 1 heterocycles. The van der Waals surface area contributed by atoms with Crippen molar-refractivity contribution in [3.63, 3.8) is 0 Å². The monoisotopic (exact) mass is 380 g/mol. The summed E-state index contributed by atoms with van der Waals surface area (Å²) in [5.41, 5.74) is 6.32. The maximum atomic E-state index is 13.7. The molecule has 27 heavy (non-hydrogen) atoms. The van der Waals surface area contributed by atoms with E-state index >= 15 is 0 Å². The predicted octanol–water partition coefficient (Wildman–Crippen LogP) is 2.41. The molecule has 0 spiro atoms. The van der Waals surface area contributed by atoms with Crippen molar-refractivity contribution in [1.82, 2.24) is 0 Å². The second kappa shape index (κ2) is 9.91. The highest BCUT2D eigenvalue weighted by atomic mass is 19.1. The summed E-state index contributed by atoms with van der Waals surface area (Å²) in [7, 11) is 0. The van der Waals surface area contributed by atoms with Gasteiger partial charge in [-0.2, -0.15) is 4.39 Å². The van der Waals surface area contributed by atoms with Crippen LogP contribution in [0.25, 0.3) is 0 Å². The molecule has 7 nitrogen and oxygen atoms in total. The number of aliphatic hydroxyl groups excluding tert-OH is 1. The van der Waals surface area contributed by atoms with E-state index in [0.717, 1.165) is 12.3 Å². The first-order valence-electron chi connectivity index (χ1n) is 8.31. The fraction of sp³-hybridized carbons (Fsp3) is 0.333. The lowest BCUT2D eigenvalue weighted by Crippen LogP contribution is -2.23. The number of benzene rings is 1.